The van der Waals surface area contributed by atoms with Gasteiger partial charge in [-0.1, -0.05) is 31.2 Å². The zero-order valence-electron chi connectivity index (χ0n) is 11.4. The summed E-state index contributed by atoms with van der Waals surface area (Å²) in [6.07, 6.45) is -3.86. The Morgan fingerprint density at radius 3 is 2.25 bits per heavy atom. The van der Waals surface area contributed by atoms with Crippen molar-refractivity contribution in [2.24, 2.45) is 5.92 Å². The molecule has 0 radical (unpaired) electrons. The van der Waals surface area contributed by atoms with Gasteiger partial charge in [0, 0.05) is 12.6 Å². The molecule has 0 aliphatic rings. The van der Waals surface area contributed by atoms with Gasteiger partial charge in [0.2, 0.25) is 0 Å². The van der Waals surface area contributed by atoms with Crippen molar-refractivity contribution < 1.29 is 23.1 Å². The van der Waals surface area contributed by atoms with E-state index in [1.165, 1.54) is 0 Å². The van der Waals surface area contributed by atoms with E-state index in [0.717, 1.165) is 17.5 Å². The highest BCUT2D eigenvalue weighted by atomic mass is 19.4. The fraction of sp³-hybridized carbons (Fsp3) is 0.500. The van der Waals surface area contributed by atoms with Crippen LogP contribution in [0.5, 0.6) is 0 Å². The molecular weight excluding hydrogens is 271 g/mol. The summed E-state index contributed by atoms with van der Waals surface area (Å²) >= 11 is 0. The van der Waals surface area contributed by atoms with E-state index in [4.69, 9.17) is 5.11 Å². The van der Waals surface area contributed by atoms with Crippen LogP contribution >= 0.6 is 0 Å². The number of nitrogens with one attached hydrogen (secondary N) is 1. The summed E-state index contributed by atoms with van der Waals surface area (Å²) in [5, 5.41) is 11.2. The second-order valence-electron chi connectivity index (χ2n) is 4.66. The molecule has 0 heterocycles. The number of aliphatic carboxylic acids is 1. The maximum atomic E-state index is 12.5. The first-order chi connectivity index (χ1) is 9.25. The van der Waals surface area contributed by atoms with Gasteiger partial charge >= 0.3 is 12.1 Å². The Morgan fingerprint density at radius 1 is 1.30 bits per heavy atom. The molecule has 0 amide bonds. The normalized spacial score (nSPS) is 14.8. The van der Waals surface area contributed by atoms with Crippen molar-refractivity contribution in [3.05, 3.63) is 35.4 Å². The van der Waals surface area contributed by atoms with Gasteiger partial charge in [0.1, 0.15) is 0 Å². The van der Waals surface area contributed by atoms with Gasteiger partial charge in [-0.25, -0.2) is 0 Å². The van der Waals surface area contributed by atoms with Crippen LogP contribution in [0.1, 0.15) is 31.0 Å². The standard InChI is InChI=1S/C14H18F3NO2/c1-3-10-4-6-11(7-5-10)9(2)18-8-12(13(19)20)14(15,16)17/h4-7,9,12,18H,3,8H2,1-2H3,(H,19,20). The summed E-state index contributed by atoms with van der Waals surface area (Å²) in [5.41, 5.74) is 1.97. The second kappa shape index (κ2) is 6.74. The van der Waals surface area contributed by atoms with E-state index in [1.54, 1.807) is 6.92 Å². The lowest BCUT2D eigenvalue weighted by molar-refractivity contribution is -0.192. The third kappa shape index (κ3) is 4.52. The largest absolute Gasteiger partial charge is 0.481 e. The molecule has 0 aromatic heterocycles. The van der Waals surface area contributed by atoms with Crippen LogP contribution in [0.4, 0.5) is 13.2 Å². The number of carboxylic acids is 1. The van der Waals surface area contributed by atoms with Crippen LogP contribution in [0.3, 0.4) is 0 Å². The van der Waals surface area contributed by atoms with Gasteiger partial charge in [-0.05, 0) is 24.5 Å². The van der Waals surface area contributed by atoms with Crippen LogP contribution in [0.15, 0.2) is 24.3 Å². The predicted octanol–water partition coefficient (Wildman–Crippen LogP) is 3.16. The monoisotopic (exact) mass is 289 g/mol. The van der Waals surface area contributed by atoms with Crippen molar-refractivity contribution in [2.75, 3.05) is 6.54 Å². The van der Waals surface area contributed by atoms with Crippen LogP contribution in [0, 0.1) is 5.92 Å². The molecule has 2 N–H and O–H groups in total. The number of benzene rings is 1. The number of carbonyl (C=O) groups is 1. The predicted molar refractivity (Wildman–Crippen MR) is 69.4 cm³/mol. The Morgan fingerprint density at radius 2 is 1.85 bits per heavy atom. The van der Waals surface area contributed by atoms with Crippen molar-refractivity contribution in [3.63, 3.8) is 0 Å². The molecule has 2 unspecified atom stereocenters. The fourth-order valence-electron chi connectivity index (χ4n) is 1.80. The first-order valence-electron chi connectivity index (χ1n) is 6.37. The van der Waals surface area contributed by atoms with E-state index in [-0.39, 0.29) is 6.04 Å². The number of rotatable bonds is 6. The lowest BCUT2D eigenvalue weighted by atomic mass is 10.0. The molecule has 1 aromatic carbocycles. The maximum Gasteiger partial charge on any atom is 0.403 e. The van der Waals surface area contributed by atoms with Crippen molar-refractivity contribution in [3.8, 4) is 0 Å². The molecule has 20 heavy (non-hydrogen) atoms. The molecular formula is C14H18F3NO2. The Hall–Kier alpha value is -1.56. The van der Waals surface area contributed by atoms with E-state index < -0.39 is 24.6 Å². The van der Waals surface area contributed by atoms with Crippen molar-refractivity contribution in [1.29, 1.82) is 0 Å². The number of carboxylic acid groups (broad SMARTS) is 1. The lowest BCUT2D eigenvalue weighted by Crippen LogP contribution is -2.39. The highest BCUT2D eigenvalue weighted by molar-refractivity contribution is 5.71. The summed E-state index contributed by atoms with van der Waals surface area (Å²) in [4.78, 5) is 10.6. The van der Waals surface area contributed by atoms with Crippen LogP contribution < -0.4 is 5.32 Å². The minimum absolute atomic E-state index is 0.342. The van der Waals surface area contributed by atoms with Gasteiger partial charge in [0.15, 0.2) is 5.92 Å². The molecule has 112 valence electrons. The van der Waals surface area contributed by atoms with E-state index in [0.29, 0.717) is 0 Å². The van der Waals surface area contributed by atoms with E-state index in [1.807, 2.05) is 31.2 Å². The van der Waals surface area contributed by atoms with Crippen LogP contribution in [0.25, 0.3) is 0 Å². The fourth-order valence-corrected chi connectivity index (χ4v) is 1.80. The molecule has 0 bridgehead atoms. The summed E-state index contributed by atoms with van der Waals surface area (Å²) in [5.74, 6) is -4.25. The van der Waals surface area contributed by atoms with Gasteiger partial charge < -0.3 is 10.4 Å². The molecule has 0 saturated heterocycles. The first-order valence-corrected chi connectivity index (χ1v) is 6.37. The SMILES string of the molecule is CCc1ccc(C(C)NCC(C(=O)O)C(F)(F)F)cc1. The molecule has 0 fully saturated rings. The van der Waals surface area contributed by atoms with Gasteiger partial charge in [0.05, 0.1) is 0 Å². The summed E-state index contributed by atoms with van der Waals surface area (Å²) in [6.45, 7) is 3.07. The quantitative estimate of drug-likeness (QED) is 0.845. The summed E-state index contributed by atoms with van der Waals surface area (Å²) in [6, 6.07) is 7.14. The van der Waals surface area contributed by atoms with Crippen LogP contribution in [0.2, 0.25) is 0 Å². The second-order valence-corrected chi connectivity index (χ2v) is 4.66. The molecule has 0 spiro atoms. The van der Waals surface area contributed by atoms with Crippen LogP contribution in [-0.2, 0) is 11.2 Å². The van der Waals surface area contributed by atoms with E-state index in [2.05, 4.69) is 5.32 Å². The van der Waals surface area contributed by atoms with Gasteiger partial charge in [-0.2, -0.15) is 13.2 Å². The highest BCUT2D eigenvalue weighted by Gasteiger charge is 2.44. The smallest absolute Gasteiger partial charge is 0.403 e. The minimum Gasteiger partial charge on any atom is -0.481 e. The first kappa shape index (κ1) is 16.5. The number of hydrogen-bond acceptors (Lipinski definition) is 2. The molecule has 0 saturated carbocycles. The number of aryl methyl sites for hydroxylation is 1. The minimum atomic E-state index is -4.75. The van der Waals surface area contributed by atoms with Crippen molar-refractivity contribution in [1.82, 2.24) is 5.32 Å². The summed E-state index contributed by atoms with van der Waals surface area (Å²) in [7, 11) is 0. The highest BCUT2D eigenvalue weighted by Crippen LogP contribution is 2.26. The maximum absolute atomic E-state index is 12.5. The third-order valence-corrected chi connectivity index (χ3v) is 3.21. The third-order valence-electron chi connectivity index (χ3n) is 3.21. The average molecular weight is 289 g/mol. The molecule has 6 heteroatoms. The molecule has 0 aliphatic carbocycles. The van der Waals surface area contributed by atoms with E-state index in [9.17, 15) is 18.0 Å². The number of halogens is 3. The number of alkyl halides is 3. The molecule has 0 aliphatic heterocycles. The van der Waals surface area contributed by atoms with Crippen molar-refractivity contribution >= 4 is 5.97 Å². The Balaban J connectivity index is 2.65. The molecule has 1 rings (SSSR count). The van der Waals surface area contributed by atoms with Gasteiger partial charge in [0.25, 0.3) is 0 Å². The zero-order chi connectivity index (χ0) is 15.3. The van der Waals surface area contributed by atoms with E-state index >= 15 is 0 Å². The number of hydrogen-bond donors (Lipinski definition) is 2. The molecule has 1 aromatic rings. The van der Waals surface area contributed by atoms with Crippen molar-refractivity contribution in [2.45, 2.75) is 32.5 Å². The zero-order valence-corrected chi connectivity index (χ0v) is 11.4. The summed E-state index contributed by atoms with van der Waals surface area (Å²) < 4.78 is 37.5. The Kier molecular flexibility index (Phi) is 5.56. The molecule has 2 atom stereocenters. The molecule has 3 nitrogen and oxygen atoms in total. The van der Waals surface area contributed by atoms with Gasteiger partial charge in [-0.15, -0.1) is 0 Å². The Labute approximate surface area is 115 Å². The van der Waals surface area contributed by atoms with Gasteiger partial charge in [-0.3, -0.25) is 4.79 Å². The average Bonchev–Trinajstić information content (AvgIpc) is 2.36. The lowest BCUT2D eigenvalue weighted by Gasteiger charge is -2.20. The topological polar surface area (TPSA) is 49.3 Å². The Bertz CT molecular complexity index is 443. The van der Waals surface area contributed by atoms with Crippen LogP contribution in [-0.4, -0.2) is 23.8 Å².